The molecule has 0 saturated carbocycles. The molecular weight excluding hydrogens is 252 g/mol. The predicted octanol–water partition coefficient (Wildman–Crippen LogP) is 3.12. The summed E-state index contributed by atoms with van der Waals surface area (Å²) in [5.41, 5.74) is 9.19. The number of benzene rings is 1. The monoisotopic (exact) mass is 274 g/mol. The Morgan fingerprint density at radius 3 is 2.65 bits per heavy atom. The first-order valence-corrected chi connectivity index (χ1v) is 7.04. The summed E-state index contributed by atoms with van der Waals surface area (Å²) in [4.78, 5) is 11.5. The average Bonchev–Trinajstić information content (AvgIpc) is 2.67. The van der Waals surface area contributed by atoms with Gasteiger partial charge in [-0.05, 0) is 37.4 Å². The van der Waals surface area contributed by atoms with Crippen LogP contribution in [-0.4, -0.2) is 22.2 Å². The van der Waals surface area contributed by atoms with E-state index in [1.54, 1.807) is 6.07 Å². The zero-order valence-electron chi connectivity index (χ0n) is 12.3. The van der Waals surface area contributed by atoms with Crippen LogP contribution in [0.4, 0.5) is 0 Å². The zero-order chi connectivity index (χ0) is 14.9. The van der Waals surface area contributed by atoms with Crippen molar-refractivity contribution in [2.45, 2.75) is 39.7 Å². The van der Waals surface area contributed by atoms with Gasteiger partial charge in [-0.3, -0.25) is 0 Å². The summed E-state index contributed by atoms with van der Waals surface area (Å²) in [5.74, 6) is -0.516. The van der Waals surface area contributed by atoms with Gasteiger partial charge in [0.15, 0.2) is 0 Å². The van der Waals surface area contributed by atoms with E-state index < -0.39 is 5.97 Å². The van der Waals surface area contributed by atoms with Crippen molar-refractivity contribution in [3.63, 3.8) is 0 Å². The molecule has 3 N–H and O–H groups in total. The second-order valence-corrected chi connectivity index (χ2v) is 5.45. The topological polar surface area (TPSA) is 68.2 Å². The van der Waals surface area contributed by atoms with Gasteiger partial charge in [0.25, 0.3) is 0 Å². The highest BCUT2D eigenvalue weighted by Crippen LogP contribution is 2.33. The Kier molecular flexibility index (Phi) is 4.14. The van der Waals surface area contributed by atoms with Crippen LogP contribution in [-0.2, 0) is 6.54 Å². The standard InChI is InChI=1S/C16H22N2O2/c1-10(2)14-11(3)18(9-5-8-17)15-12(14)6-4-7-13(15)16(19)20/h4,6-7,10H,5,8-9,17H2,1-3H3,(H,19,20). The number of nitrogens with zero attached hydrogens (tertiary/aromatic N) is 1. The molecular formula is C16H22N2O2. The largest absolute Gasteiger partial charge is 0.478 e. The van der Waals surface area contributed by atoms with Crippen molar-refractivity contribution in [3.05, 3.63) is 35.0 Å². The van der Waals surface area contributed by atoms with Crippen LogP contribution in [0.25, 0.3) is 10.9 Å². The van der Waals surface area contributed by atoms with Gasteiger partial charge in [-0.25, -0.2) is 4.79 Å². The van der Waals surface area contributed by atoms with Gasteiger partial charge in [0.2, 0.25) is 0 Å². The fourth-order valence-corrected chi connectivity index (χ4v) is 2.99. The highest BCUT2D eigenvalue weighted by molar-refractivity contribution is 6.04. The van der Waals surface area contributed by atoms with E-state index in [0.29, 0.717) is 18.0 Å². The highest BCUT2D eigenvalue weighted by Gasteiger charge is 2.20. The molecule has 20 heavy (non-hydrogen) atoms. The lowest BCUT2D eigenvalue weighted by molar-refractivity contribution is 0.0698. The van der Waals surface area contributed by atoms with Crippen molar-refractivity contribution in [3.8, 4) is 0 Å². The first-order chi connectivity index (χ1) is 9.49. The number of carbonyl (C=O) groups is 1. The van der Waals surface area contributed by atoms with Crippen LogP contribution in [0.5, 0.6) is 0 Å². The van der Waals surface area contributed by atoms with E-state index in [2.05, 4.69) is 25.3 Å². The quantitative estimate of drug-likeness (QED) is 0.880. The molecule has 2 aromatic rings. The molecule has 1 aromatic heterocycles. The van der Waals surface area contributed by atoms with Crippen LogP contribution in [0.1, 0.15) is 47.8 Å². The van der Waals surface area contributed by atoms with Crippen LogP contribution in [0.3, 0.4) is 0 Å². The van der Waals surface area contributed by atoms with Crippen LogP contribution in [0.2, 0.25) is 0 Å². The molecule has 0 unspecified atom stereocenters. The van der Waals surface area contributed by atoms with Gasteiger partial charge in [0, 0.05) is 17.6 Å². The highest BCUT2D eigenvalue weighted by atomic mass is 16.4. The molecule has 4 heteroatoms. The molecule has 0 aliphatic carbocycles. The minimum Gasteiger partial charge on any atom is -0.478 e. The Morgan fingerprint density at radius 2 is 2.10 bits per heavy atom. The van der Waals surface area contributed by atoms with E-state index in [-0.39, 0.29) is 0 Å². The first kappa shape index (κ1) is 14.6. The zero-order valence-corrected chi connectivity index (χ0v) is 12.3. The Labute approximate surface area is 119 Å². The van der Waals surface area contributed by atoms with Gasteiger partial charge in [0.1, 0.15) is 0 Å². The molecule has 1 aromatic carbocycles. The number of aryl methyl sites for hydroxylation is 1. The number of fused-ring (bicyclic) bond motifs is 1. The fourth-order valence-electron chi connectivity index (χ4n) is 2.99. The van der Waals surface area contributed by atoms with Crippen molar-refractivity contribution in [1.82, 2.24) is 4.57 Å². The van der Waals surface area contributed by atoms with Crippen LogP contribution in [0, 0.1) is 6.92 Å². The minimum atomic E-state index is -0.877. The Hall–Kier alpha value is -1.81. The van der Waals surface area contributed by atoms with Gasteiger partial charge >= 0.3 is 5.97 Å². The SMILES string of the molecule is Cc1c(C(C)C)c2cccc(C(=O)O)c2n1CCCN. The first-order valence-electron chi connectivity index (χ1n) is 7.04. The molecule has 4 nitrogen and oxygen atoms in total. The molecule has 1 heterocycles. The number of carboxylic acids is 1. The maximum absolute atomic E-state index is 11.5. The fraction of sp³-hybridized carbons (Fsp3) is 0.438. The van der Waals surface area contributed by atoms with Crippen LogP contribution in [0.15, 0.2) is 18.2 Å². The molecule has 0 aliphatic rings. The summed E-state index contributed by atoms with van der Waals surface area (Å²) < 4.78 is 2.11. The van der Waals surface area contributed by atoms with Crippen molar-refractivity contribution in [1.29, 1.82) is 0 Å². The second-order valence-electron chi connectivity index (χ2n) is 5.45. The van der Waals surface area contributed by atoms with Crippen molar-refractivity contribution < 1.29 is 9.90 Å². The Morgan fingerprint density at radius 1 is 1.40 bits per heavy atom. The molecule has 108 valence electrons. The molecule has 0 radical (unpaired) electrons. The van der Waals surface area contributed by atoms with Gasteiger partial charge in [-0.15, -0.1) is 0 Å². The Bertz CT molecular complexity index is 641. The normalized spacial score (nSPS) is 11.4. The van der Waals surface area contributed by atoms with E-state index in [1.165, 1.54) is 5.56 Å². The third-order valence-electron chi connectivity index (χ3n) is 3.78. The van der Waals surface area contributed by atoms with E-state index >= 15 is 0 Å². The molecule has 0 fully saturated rings. The lowest BCUT2D eigenvalue weighted by atomic mass is 9.99. The Balaban J connectivity index is 2.80. The molecule has 0 spiro atoms. The van der Waals surface area contributed by atoms with Gasteiger partial charge in [-0.1, -0.05) is 26.0 Å². The third kappa shape index (κ3) is 2.31. The summed E-state index contributed by atoms with van der Waals surface area (Å²) in [6, 6.07) is 5.51. The van der Waals surface area contributed by atoms with Crippen LogP contribution < -0.4 is 5.73 Å². The smallest absolute Gasteiger partial charge is 0.337 e. The van der Waals surface area contributed by atoms with E-state index in [0.717, 1.165) is 29.6 Å². The van der Waals surface area contributed by atoms with E-state index in [4.69, 9.17) is 5.73 Å². The number of para-hydroxylation sites is 1. The summed E-state index contributed by atoms with van der Waals surface area (Å²) >= 11 is 0. The van der Waals surface area contributed by atoms with Gasteiger partial charge in [-0.2, -0.15) is 0 Å². The molecule has 0 amide bonds. The van der Waals surface area contributed by atoms with Crippen molar-refractivity contribution >= 4 is 16.9 Å². The predicted molar refractivity (Wildman–Crippen MR) is 81.4 cm³/mol. The van der Waals surface area contributed by atoms with E-state index in [1.807, 2.05) is 12.1 Å². The van der Waals surface area contributed by atoms with E-state index in [9.17, 15) is 9.90 Å². The number of hydrogen-bond donors (Lipinski definition) is 2. The molecule has 0 aliphatic heterocycles. The second kappa shape index (κ2) is 5.67. The van der Waals surface area contributed by atoms with Gasteiger partial charge in [0.05, 0.1) is 11.1 Å². The van der Waals surface area contributed by atoms with Gasteiger partial charge < -0.3 is 15.4 Å². The third-order valence-corrected chi connectivity index (χ3v) is 3.78. The number of hydrogen-bond acceptors (Lipinski definition) is 2. The number of aromatic nitrogens is 1. The minimum absolute atomic E-state index is 0.362. The summed E-state index contributed by atoms with van der Waals surface area (Å²) in [6.45, 7) is 7.71. The lowest BCUT2D eigenvalue weighted by Gasteiger charge is -2.10. The maximum atomic E-state index is 11.5. The average molecular weight is 274 g/mol. The molecule has 0 bridgehead atoms. The number of aromatic carboxylic acids is 1. The van der Waals surface area contributed by atoms with Crippen LogP contribution >= 0.6 is 0 Å². The maximum Gasteiger partial charge on any atom is 0.337 e. The number of carboxylic acid groups (broad SMARTS) is 1. The molecule has 0 atom stereocenters. The van der Waals surface area contributed by atoms with Crippen molar-refractivity contribution in [2.75, 3.05) is 6.54 Å². The number of nitrogens with two attached hydrogens (primary N) is 1. The molecule has 2 rings (SSSR count). The van der Waals surface area contributed by atoms with Crippen molar-refractivity contribution in [2.24, 2.45) is 5.73 Å². The summed E-state index contributed by atoms with van der Waals surface area (Å²) in [6.07, 6.45) is 0.843. The number of rotatable bonds is 5. The molecule has 0 saturated heterocycles. The lowest BCUT2D eigenvalue weighted by Crippen LogP contribution is -2.09. The summed E-state index contributed by atoms with van der Waals surface area (Å²) in [7, 11) is 0. The summed E-state index contributed by atoms with van der Waals surface area (Å²) in [5, 5.41) is 10.5.